The van der Waals surface area contributed by atoms with Crippen molar-refractivity contribution in [3.63, 3.8) is 0 Å². The Bertz CT molecular complexity index is 606. The van der Waals surface area contributed by atoms with Crippen molar-refractivity contribution in [2.24, 2.45) is 11.7 Å². The number of rotatable bonds is 5. The molecule has 0 aliphatic heterocycles. The van der Waals surface area contributed by atoms with Crippen LogP contribution in [0.1, 0.15) is 48.9 Å². The summed E-state index contributed by atoms with van der Waals surface area (Å²) in [5.41, 5.74) is 7.01. The maximum atomic E-state index is 12.5. The first kappa shape index (κ1) is 19.5. The fraction of sp³-hybridized carbons (Fsp3) is 0.556. The fourth-order valence-electron chi connectivity index (χ4n) is 3.25. The summed E-state index contributed by atoms with van der Waals surface area (Å²) in [5.74, 6) is 0.250. The quantitative estimate of drug-likeness (QED) is 0.645. The highest BCUT2D eigenvalue weighted by molar-refractivity contribution is 5.97. The van der Waals surface area contributed by atoms with Gasteiger partial charge < -0.3 is 21.7 Å². The molecule has 1 aromatic carbocycles. The summed E-state index contributed by atoms with van der Waals surface area (Å²) in [4.78, 5) is 24.3. The first-order chi connectivity index (χ1) is 11.7. The molecule has 6 nitrogen and oxygen atoms in total. The van der Waals surface area contributed by atoms with Crippen molar-refractivity contribution in [2.45, 2.75) is 50.6 Å². The van der Waals surface area contributed by atoms with Gasteiger partial charge in [-0.05, 0) is 56.3 Å². The molecule has 0 saturated heterocycles. The van der Waals surface area contributed by atoms with Crippen molar-refractivity contribution >= 4 is 30.0 Å². The minimum absolute atomic E-state index is 0. The topological polar surface area (TPSA) is 96.2 Å². The van der Waals surface area contributed by atoms with Gasteiger partial charge in [0.05, 0.1) is 0 Å². The molecule has 3 amide bonds. The lowest BCUT2D eigenvalue weighted by Crippen LogP contribution is -2.44. The second kappa shape index (κ2) is 9.06. The maximum absolute atomic E-state index is 12.5. The van der Waals surface area contributed by atoms with Gasteiger partial charge >= 0.3 is 6.03 Å². The summed E-state index contributed by atoms with van der Waals surface area (Å²) in [6, 6.07) is 7.27. The average molecular weight is 367 g/mol. The van der Waals surface area contributed by atoms with Crippen LogP contribution in [0.4, 0.5) is 10.5 Å². The van der Waals surface area contributed by atoms with Crippen molar-refractivity contribution in [1.29, 1.82) is 0 Å². The van der Waals surface area contributed by atoms with Gasteiger partial charge in [0, 0.05) is 23.3 Å². The fourth-order valence-corrected chi connectivity index (χ4v) is 3.25. The highest BCUT2D eigenvalue weighted by atomic mass is 35.5. The zero-order valence-corrected chi connectivity index (χ0v) is 15.1. The van der Waals surface area contributed by atoms with E-state index in [4.69, 9.17) is 5.73 Å². The molecule has 0 spiro atoms. The molecule has 2 aliphatic carbocycles. The minimum Gasteiger partial charge on any atom is -0.349 e. The van der Waals surface area contributed by atoms with Crippen LogP contribution in [0.5, 0.6) is 0 Å². The number of anilines is 1. The number of hydrogen-bond acceptors (Lipinski definition) is 3. The van der Waals surface area contributed by atoms with Crippen molar-refractivity contribution < 1.29 is 9.59 Å². The van der Waals surface area contributed by atoms with E-state index in [1.807, 2.05) is 0 Å². The molecule has 138 valence electrons. The van der Waals surface area contributed by atoms with E-state index in [0.717, 1.165) is 32.1 Å². The zero-order chi connectivity index (χ0) is 16.9. The number of nitrogens with one attached hydrogen (secondary N) is 3. The molecule has 0 aromatic heterocycles. The first-order valence-electron chi connectivity index (χ1n) is 8.84. The van der Waals surface area contributed by atoms with Crippen molar-refractivity contribution in [2.75, 3.05) is 11.9 Å². The maximum Gasteiger partial charge on any atom is 0.319 e. The predicted octanol–water partition coefficient (Wildman–Crippen LogP) is 2.64. The Hall–Kier alpha value is -1.79. The Morgan fingerprint density at radius 2 is 1.84 bits per heavy atom. The van der Waals surface area contributed by atoms with Crippen LogP contribution in [0, 0.1) is 5.92 Å². The van der Waals surface area contributed by atoms with E-state index in [1.54, 1.807) is 24.3 Å². The third kappa shape index (κ3) is 5.61. The lowest BCUT2D eigenvalue weighted by Gasteiger charge is -2.31. The largest absolute Gasteiger partial charge is 0.349 e. The number of urea groups is 1. The Morgan fingerprint density at radius 3 is 2.56 bits per heavy atom. The van der Waals surface area contributed by atoms with Gasteiger partial charge in [-0.2, -0.15) is 0 Å². The van der Waals surface area contributed by atoms with E-state index in [2.05, 4.69) is 16.0 Å². The predicted molar refractivity (Wildman–Crippen MR) is 101 cm³/mol. The number of benzene rings is 1. The van der Waals surface area contributed by atoms with Crippen molar-refractivity contribution in [3.05, 3.63) is 29.8 Å². The molecular weight excluding hydrogens is 340 g/mol. The summed E-state index contributed by atoms with van der Waals surface area (Å²) >= 11 is 0. The summed E-state index contributed by atoms with van der Waals surface area (Å²) in [6.45, 7) is 0.605. The van der Waals surface area contributed by atoms with Crippen LogP contribution in [-0.4, -0.2) is 30.6 Å². The number of hydrogen-bond donors (Lipinski definition) is 4. The lowest BCUT2D eigenvalue weighted by molar-refractivity contribution is 0.0908. The molecule has 3 rings (SSSR count). The minimum atomic E-state index is -0.217. The number of halogens is 1. The molecule has 0 heterocycles. The monoisotopic (exact) mass is 366 g/mol. The molecular formula is C18H27ClN4O2. The molecule has 7 heteroatoms. The van der Waals surface area contributed by atoms with Crippen LogP contribution in [0.2, 0.25) is 0 Å². The Morgan fingerprint density at radius 1 is 1.08 bits per heavy atom. The highest BCUT2D eigenvalue weighted by Crippen LogP contribution is 2.24. The molecule has 0 radical (unpaired) electrons. The molecule has 25 heavy (non-hydrogen) atoms. The molecule has 2 unspecified atom stereocenters. The second-order valence-electron chi connectivity index (χ2n) is 6.81. The van der Waals surface area contributed by atoms with E-state index in [0.29, 0.717) is 29.8 Å². The van der Waals surface area contributed by atoms with Crippen LogP contribution in [0.15, 0.2) is 24.3 Å². The first-order valence-corrected chi connectivity index (χ1v) is 8.84. The van der Waals surface area contributed by atoms with Gasteiger partial charge in [0.25, 0.3) is 5.91 Å². The summed E-state index contributed by atoms with van der Waals surface area (Å²) < 4.78 is 0. The molecule has 1 aromatic rings. The molecule has 2 aliphatic rings. The van der Waals surface area contributed by atoms with Crippen LogP contribution >= 0.6 is 12.4 Å². The smallest absolute Gasteiger partial charge is 0.319 e. The van der Waals surface area contributed by atoms with Crippen LogP contribution < -0.4 is 21.7 Å². The van der Waals surface area contributed by atoms with E-state index in [-0.39, 0.29) is 30.4 Å². The number of amides is 3. The average Bonchev–Trinajstić information content (AvgIpc) is 3.39. The number of carbonyl (C=O) groups excluding carboxylic acids is 2. The normalized spacial score (nSPS) is 22.4. The molecule has 0 bridgehead atoms. The third-order valence-electron chi connectivity index (χ3n) is 4.82. The second-order valence-corrected chi connectivity index (χ2v) is 6.81. The standard InChI is InChI=1S/C18H26N4O2.ClH/c19-11-13-4-1-2-7-16(13)22-17(23)12-5-3-6-15(10-12)21-18(24)20-14-8-9-14;/h3,5-6,10,13-14,16H,1-2,4,7-9,11,19H2,(H,22,23)(H2,20,21,24);1H. The zero-order valence-electron chi connectivity index (χ0n) is 14.3. The lowest BCUT2D eigenvalue weighted by atomic mass is 9.84. The van der Waals surface area contributed by atoms with Crippen LogP contribution in [-0.2, 0) is 0 Å². The van der Waals surface area contributed by atoms with Crippen molar-refractivity contribution in [1.82, 2.24) is 10.6 Å². The van der Waals surface area contributed by atoms with E-state index < -0.39 is 0 Å². The van der Waals surface area contributed by atoms with Gasteiger partial charge in [-0.1, -0.05) is 18.9 Å². The van der Waals surface area contributed by atoms with Crippen molar-refractivity contribution in [3.8, 4) is 0 Å². The van der Waals surface area contributed by atoms with E-state index in [9.17, 15) is 9.59 Å². The van der Waals surface area contributed by atoms with Gasteiger partial charge in [0.1, 0.15) is 0 Å². The van der Waals surface area contributed by atoms with Gasteiger partial charge in [-0.3, -0.25) is 4.79 Å². The van der Waals surface area contributed by atoms with Crippen LogP contribution in [0.3, 0.4) is 0 Å². The third-order valence-corrected chi connectivity index (χ3v) is 4.82. The Balaban J connectivity index is 0.00000225. The van der Waals surface area contributed by atoms with Crippen LogP contribution in [0.25, 0.3) is 0 Å². The molecule has 2 fully saturated rings. The number of carbonyl (C=O) groups is 2. The molecule has 5 N–H and O–H groups in total. The molecule has 2 saturated carbocycles. The summed E-state index contributed by atoms with van der Waals surface area (Å²) in [6.07, 6.45) is 6.45. The van der Waals surface area contributed by atoms with E-state index >= 15 is 0 Å². The number of nitrogens with two attached hydrogens (primary N) is 1. The van der Waals surface area contributed by atoms with Gasteiger partial charge in [-0.15, -0.1) is 12.4 Å². The van der Waals surface area contributed by atoms with Gasteiger partial charge in [-0.25, -0.2) is 4.79 Å². The van der Waals surface area contributed by atoms with E-state index in [1.165, 1.54) is 6.42 Å². The SMILES string of the molecule is Cl.NCC1CCCCC1NC(=O)c1cccc(NC(=O)NC2CC2)c1. The van der Waals surface area contributed by atoms with Gasteiger partial charge in [0.15, 0.2) is 0 Å². The highest BCUT2D eigenvalue weighted by Gasteiger charge is 2.26. The Kier molecular flexibility index (Phi) is 7.08. The summed E-state index contributed by atoms with van der Waals surface area (Å²) in [7, 11) is 0. The molecule has 2 atom stereocenters. The Labute approximate surface area is 154 Å². The van der Waals surface area contributed by atoms with Gasteiger partial charge in [0.2, 0.25) is 0 Å². The summed E-state index contributed by atoms with van der Waals surface area (Å²) in [5, 5.41) is 8.76.